The Morgan fingerprint density at radius 3 is 2.48 bits per heavy atom. The Morgan fingerprint density at radius 2 is 1.76 bits per heavy atom. The Hall–Kier alpha value is -1.46. The van der Waals surface area contributed by atoms with Gasteiger partial charge in [-0.2, -0.15) is 0 Å². The fourth-order valence-electron chi connectivity index (χ4n) is 3.81. The van der Waals surface area contributed by atoms with Crippen LogP contribution in [0.1, 0.15) is 38.4 Å². The molecule has 2 atom stereocenters. The van der Waals surface area contributed by atoms with Gasteiger partial charge in [0.15, 0.2) is 11.5 Å². The molecule has 0 spiro atoms. The number of ether oxygens (including phenoxy) is 3. The van der Waals surface area contributed by atoms with Crippen LogP contribution in [0.15, 0.2) is 12.1 Å². The van der Waals surface area contributed by atoms with Crippen molar-refractivity contribution in [2.45, 2.75) is 44.4 Å². The monoisotopic (exact) mass is 291 g/mol. The van der Waals surface area contributed by atoms with E-state index in [9.17, 15) is 5.11 Å². The van der Waals surface area contributed by atoms with E-state index in [1.165, 1.54) is 12.8 Å². The van der Waals surface area contributed by atoms with Crippen LogP contribution in [-0.2, 0) is 0 Å². The largest absolute Gasteiger partial charge is 0.486 e. The number of hydrogen-bond acceptors (Lipinski definition) is 5. The summed E-state index contributed by atoms with van der Waals surface area (Å²) in [5.74, 6) is 2.08. The van der Waals surface area contributed by atoms with Gasteiger partial charge in [-0.1, -0.05) is 0 Å². The van der Waals surface area contributed by atoms with Crippen molar-refractivity contribution in [1.82, 2.24) is 4.90 Å². The summed E-state index contributed by atoms with van der Waals surface area (Å²) >= 11 is 0. The number of aliphatic hydroxyl groups is 1. The van der Waals surface area contributed by atoms with E-state index in [0.717, 1.165) is 18.7 Å². The Morgan fingerprint density at radius 1 is 1.10 bits per heavy atom. The van der Waals surface area contributed by atoms with Crippen molar-refractivity contribution in [1.29, 1.82) is 0 Å². The van der Waals surface area contributed by atoms with Gasteiger partial charge in [0.2, 0.25) is 6.79 Å². The summed E-state index contributed by atoms with van der Waals surface area (Å²) in [6.07, 6.45) is 1.80. The van der Waals surface area contributed by atoms with E-state index in [-0.39, 0.29) is 12.8 Å². The summed E-state index contributed by atoms with van der Waals surface area (Å²) in [6.45, 7) is 6.37. The standard InChI is InChI=1S/C16H21NO4/c1-16(2)15(17-5-3-4-6-17)14(18)10-7-12-13(20-9-19-12)8-11(10)21-16/h7-8,14-15,18H,3-6,9H2,1-2H3. The predicted octanol–water partition coefficient (Wildman–Crippen LogP) is 2.08. The molecule has 1 fully saturated rings. The number of rotatable bonds is 1. The van der Waals surface area contributed by atoms with Crippen molar-refractivity contribution in [3.8, 4) is 17.2 Å². The number of likely N-dealkylation sites (tertiary alicyclic amines) is 1. The Labute approximate surface area is 124 Å². The van der Waals surface area contributed by atoms with E-state index in [2.05, 4.69) is 4.90 Å². The van der Waals surface area contributed by atoms with Gasteiger partial charge >= 0.3 is 0 Å². The Balaban J connectivity index is 1.76. The zero-order chi connectivity index (χ0) is 14.6. The van der Waals surface area contributed by atoms with Crippen molar-refractivity contribution in [2.24, 2.45) is 0 Å². The maximum Gasteiger partial charge on any atom is 0.231 e. The molecule has 0 aliphatic carbocycles. The van der Waals surface area contributed by atoms with Crippen molar-refractivity contribution >= 4 is 0 Å². The third-order valence-electron chi connectivity index (χ3n) is 4.74. The molecule has 0 amide bonds. The molecule has 21 heavy (non-hydrogen) atoms. The summed E-state index contributed by atoms with van der Waals surface area (Å²) in [5.41, 5.74) is 0.361. The molecule has 114 valence electrons. The van der Waals surface area contributed by atoms with Gasteiger partial charge in [-0.3, -0.25) is 4.90 Å². The fourth-order valence-corrected chi connectivity index (χ4v) is 3.81. The Bertz CT molecular complexity index is 566. The highest BCUT2D eigenvalue weighted by molar-refractivity contribution is 5.54. The summed E-state index contributed by atoms with van der Waals surface area (Å²) in [4.78, 5) is 2.35. The van der Waals surface area contributed by atoms with Gasteiger partial charge in [-0.05, 0) is 45.8 Å². The molecule has 1 aromatic carbocycles. The molecule has 0 saturated carbocycles. The molecule has 0 bridgehead atoms. The van der Waals surface area contributed by atoms with Crippen LogP contribution in [0.3, 0.4) is 0 Å². The molecule has 1 aromatic rings. The molecule has 3 heterocycles. The van der Waals surface area contributed by atoms with Gasteiger partial charge < -0.3 is 19.3 Å². The van der Waals surface area contributed by atoms with Crippen LogP contribution in [0.2, 0.25) is 0 Å². The van der Waals surface area contributed by atoms with Gasteiger partial charge in [0, 0.05) is 11.6 Å². The smallest absolute Gasteiger partial charge is 0.231 e. The van der Waals surface area contributed by atoms with Crippen molar-refractivity contribution < 1.29 is 19.3 Å². The van der Waals surface area contributed by atoms with Crippen LogP contribution >= 0.6 is 0 Å². The van der Waals surface area contributed by atoms with Crippen LogP contribution in [0, 0.1) is 0 Å². The molecule has 5 nitrogen and oxygen atoms in total. The number of hydrogen-bond donors (Lipinski definition) is 1. The van der Waals surface area contributed by atoms with Crippen molar-refractivity contribution in [3.63, 3.8) is 0 Å². The van der Waals surface area contributed by atoms with Crippen LogP contribution in [0.5, 0.6) is 17.2 Å². The zero-order valence-corrected chi connectivity index (χ0v) is 12.5. The highest BCUT2D eigenvalue weighted by atomic mass is 16.7. The lowest BCUT2D eigenvalue weighted by Crippen LogP contribution is -2.57. The van der Waals surface area contributed by atoms with Crippen molar-refractivity contribution in [2.75, 3.05) is 19.9 Å². The van der Waals surface area contributed by atoms with Crippen LogP contribution in [-0.4, -0.2) is 41.5 Å². The molecule has 3 aliphatic rings. The second-order valence-corrected chi connectivity index (χ2v) is 6.58. The molecule has 0 aromatic heterocycles. The molecule has 4 rings (SSSR count). The number of benzene rings is 1. The van der Waals surface area contributed by atoms with E-state index < -0.39 is 11.7 Å². The molecule has 1 saturated heterocycles. The lowest BCUT2D eigenvalue weighted by Gasteiger charge is -2.47. The van der Waals surface area contributed by atoms with E-state index in [4.69, 9.17) is 14.2 Å². The van der Waals surface area contributed by atoms with Crippen LogP contribution in [0.4, 0.5) is 0 Å². The first kappa shape index (κ1) is 13.2. The summed E-state index contributed by atoms with van der Waals surface area (Å²) in [6, 6.07) is 3.66. The lowest BCUT2D eigenvalue weighted by molar-refractivity contribution is -0.0758. The highest BCUT2D eigenvalue weighted by Gasteiger charge is 2.47. The van der Waals surface area contributed by atoms with E-state index in [1.54, 1.807) is 0 Å². The third-order valence-corrected chi connectivity index (χ3v) is 4.74. The van der Waals surface area contributed by atoms with Crippen molar-refractivity contribution in [3.05, 3.63) is 17.7 Å². The zero-order valence-electron chi connectivity index (χ0n) is 12.5. The minimum Gasteiger partial charge on any atom is -0.486 e. The van der Waals surface area contributed by atoms with Crippen LogP contribution < -0.4 is 14.2 Å². The first-order chi connectivity index (χ1) is 10.1. The number of fused-ring (bicyclic) bond motifs is 2. The second kappa shape index (κ2) is 4.52. The predicted molar refractivity (Wildman–Crippen MR) is 76.8 cm³/mol. The van der Waals surface area contributed by atoms with Gasteiger partial charge in [0.25, 0.3) is 0 Å². The molecule has 0 radical (unpaired) electrons. The third kappa shape index (κ3) is 1.99. The van der Waals surface area contributed by atoms with E-state index in [0.29, 0.717) is 17.2 Å². The number of aliphatic hydroxyl groups excluding tert-OH is 1. The quantitative estimate of drug-likeness (QED) is 0.858. The first-order valence-corrected chi connectivity index (χ1v) is 7.61. The molecule has 2 unspecified atom stereocenters. The normalized spacial score (nSPS) is 30.0. The van der Waals surface area contributed by atoms with Crippen LogP contribution in [0.25, 0.3) is 0 Å². The molecule has 3 aliphatic heterocycles. The molecule has 1 N–H and O–H groups in total. The second-order valence-electron chi connectivity index (χ2n) is 6.58. The SMILES string of the molecule is CC1(C)Oc2cc3c(cc2C(O)C1N1CCCC1)OCO3. The number of nitrogens with zero attached hydrogens (tertiary/aromatic N) is 1. The average molecular weight is 291 g/mol. The summed E-state index contributed by atoms with van der Waals surface area (Å²) < 4.78 is 17.0. The van der Waals surface area contributed by atoms with Gasteiger partial charge in [0.1, 0.15) is 17.5 Å². The maximum atomic E-state index is 10.9. The summed E-state index contributed by atoms with van der Waals surface area (Å²) in [7, 11) is 0. The molecule has 5 heteroatoms. The van der Waals surface area contributed by atoms with Gasteiger partial charge in [0.05, 0.1) is 6.04 Å². The summed E-state index contributed by atoms with van der Waals surface area (Å²) in [5, 5.41) is 10.9. The van der Waals surface area contributed by atoms with E-state index in [1.807, 2.05) is 26.0 Å². The fraction of sp³-hybridized carbons (Fsp3) is 0.625. The van der Waals surface area contributed by atoms with Gasteiger partial charge in [-0.15, -0.1) is 0 Å². The van der Waals surface area contributed by atoms with Gasteiger partial charge in [-0.25, -0.2) is 0 Å². The highest BCUT2D eigenvalue weighted by Crippen LogP contribution is 2.48. The molecular weight excluding hydrogens is 270 g/mol. The Kier molecular flexibility index (Phi) is 2.84. The lowest BCUT2D eigenvalue weighted by atomic mass is 9.85. The minimum absolute atomic E-state index is 0.0344. The first-order valence-electron chi connectivity index (χ1n) is 7.61. The maximum absolute atomic E-state index is 10.9. The molecular formula is C16H21NO4. The topological polar surface area (TPSA) is 51.2 Å². The van der Waals surface area contributed by atoms with E-state index >= 15 is 0 Å². The average Bonchev–Trinajstić information content (AvgIpc) is 3.06. The minimum atomic E-state index is -0.573.